The van der Waals surface area contributed by atoms with Gasteiger partial charge in [0.25, 0.3) is 0 Å². The van der Waals surface area contributed by atoms with E-state index in [9.17, 15) is 9.59 Å². The fourth-order valence-electron chi connectivity index (χ4n) is 3.68. The van der Waals surface area contributed by atoms with Crippen LogP contribution in [0.15, 0.2) is 42.5 Å². The van der Waals surface area contributed by atoms with Crippen LogP contribution in [0.3, 0.4) is 0 Å². The molecular formula is C23H28N2O4. The minimum Gasteiger partial charge on any atom is -0.490 e. The average Bonchev–Trinajstić information content (AvgIpc) is 3.10. The van der Waals surface area contributed by atoms with Crippen molar-refractivity contribution in [1.82, 2.24) is 5.32 Å². The lowest BCUT2D eigenvalue weighted by molar-refractivity contribution is -0.125. The summed E-state index contributed by atoms with van der Waals surface area (Å²) in [6.07, 6.45) is 1.21. The molecule has 2 aromatic rings. The molecule has 0 spiro atoms. The highest BCUT2D eigenvalue weighted by molar-refractivity contribution is 6.02. The fourth-order valence-corrected chi connectivity index (χ4v) is 3.68. The van der Waals surface area contributed by atoms with Crippen molar-refractivity contribution in [3.05, 3.63) is 53.6 Å². The molecule has 1 unspecified atom stereocenters. The number of anilines is 1. The molecule has 0 fully saturated rings. The molecule has 1 heterocycles. The zero-order valence-corrected chi connectivity index (χ0v) is 17.2. The van der Waals surface area contributed by atoms with Crippen molar-refractivity contribution >= 4 is 17.5 Å². The third-order valence-corrected chi connectivity index (χ3v) is 4.94. The minimum atomic E-state index is -0.496. The van der Waals surface area contributed by atoms with E-state index in [1.165, 1.54) is 6.92 Å². The van der Waals surface area contributed by atoms with Crippen molar-refractivity contribution in [1.29, 1.82) is 0 Å². The molecule has 6 heteroatoms. The molecule has 1 atom stereocenters. The number of nitrogens with one attached hydrogen (secondary N) is 1. The lowest BCUT2D eigenvalue weighted by Crippen LogP contribution is -2.47. The molecule has 2 amide bonds. The summed E-state index contributed by atoms with van der Waals surface area (Å²) in [4.78, 5) is 26.5. The van der Waals surface area contributed by atoms with Crippen molar-refractivity contribution in [3.63, 3.8) is 0 Å². The quantitative estimate of drug-likeness (QED) is 0.744. The molecule has 3 rings (SSSR count). The van der Waals surface area contributed by atoms with Crippen molar-refractivity contribution in [2.24, 2.45) is 0 Å². The van der Waals surface area contributed by atoms with Crippen molar-refractivity contribution in [2.45, 2.75) is 39.7 Å². The summed E-state index contributed by atoms with van der Waals surface area (Å²) in [5.74, 6) is 1.19. The number of rotatable bonds is 8. The highest BCUT2D eigenvalue weighted by atomic mass is 16.5. The maximum Gasteiger partial charge on any atom is 0.243 e. The van der Waals surface area contributed by atoms with Gasteiger partial charge in [0.05, 0.1) is 13.2 Å². The smallest absolute Gasteiger partial charge is 0.243 e. The molecule has 0 saturated carbocycles. The topological polar surface area (TPSA) is 67.9 Å². The number of hydrogen-bond acceptors (Lipinski definition) is 4. The first-order valence-electron chi connectivity index (χ1n) is 10.1. The van der Waals surface area contributed by atoms with Crippen molar-refractivity contribution in [2.75, 3.05) is 24.7 Å². The Morgan fingerprint density at radius 1 is 1.07 bits per heavy atom. The molecule has 1 aliphatic heterocycles. The number of amides is 2. The highest BCUT2D eigenvalue weighted by Gasteiger charge is 2.36. The van der Waals surface area contributed by atoms with Crippen LogP contribution in [0.1, 0.15) is 31.9 Å². The van der Waals surface area contributed by atoms with E-state index < -0.39 is 6.04 Å². The Kier molecular flexibility index (Phi) is 6.75. The van der Waals surface area contributed by atoms with Crippen LogP contribution in [0.2, 0.25) is 0 Å². The molecular weight excluding hydrogens is 368 g/mol. The van der Waals surface area contributed by atoms with E-state index in [-0.39, 0.29) is 11.8 Å². The minimum absolute atomic E-state index is 0.122. The van der Waals surface area contributed by atoms with E-state index in [0.29, 0.717) is 38.3 Å². The fraction of sp³-hybridized carbons (Fsp3) is 0.391. The zero-order valence-electron chi connectivity index (χ0n) is 17.2. The van der Waals surface area contributed by atoms with Crippen LogP contribution in [0, 0.1) is 0 Å². The number of para-hydroxylation sites is 1. The third-order valence-electron chi connectivity index (χ3n) is 4.94. The largest absolute Gasteiger partial charge is 0.490 e. The van der Waals surface area contributed by atoms with E-state index in [0.717, 1.165) is 22.6 Å². The first-order chi connectivity index (χ1) is 14.0. The summed E-state index contributed by atoms with van der Waals surface area (Å²) in [5, 5.41) is 2.98. The summed E-state index contributed by atoms with van der Waals surface area (Å²) in [6.45, 7) is 6.98. The van der Waals surface area contributed by atoms with Gasteiger partial charge in [-0.1, -0.05) is 24.3 Å². The number of benzene rings is 2. The van der Waals surface area contributed by atoms with E-state index in [4.69, 9.17) is 9.47 Å². The van der Waals surface area contributed by atoms with Gasteiger partial charge in [0.2, 0.25) is 11.8 Å². The SMILES string of the molecule is CCOc1ccc(CCNC(=O)C2Cc3ccccc3N2C(C)=O)cc1OCC. The Morgan fingerprint density at radius 2 is 1.79 bits per heavy atom. The lowest BCUT2D eigenvalue weighted by atomic mass is 10.1. The number of carbonyl (C=O) groups is 2. The lowest BCUT2D eigenvalue weighted by Gasteiger charge is -2.23. The zero-order chi connectivity index (χ0) is 20.8. The molecule has 0 bridgehead atoms. The molecule has 0 aliphatic carbocycles. The van der Waals surface area contributed by atoms with Crippen LogP contribution < -0.4 is 19.7 Å². The van der Waals surface area contributed by atoms with Crippen molar-refractivity contribution < 1.29 is 19.1 Å². The van der Waals surface area contributed by atoms with Gasteiger partial charge in [-0.15, -0.1) is 0 Å². The van der Waals surface area contributed by atoms with Gasteiger partial charge in [0.1, 0.15) is 6.04 Å². The molecule has 154 valence electrons. The first-order valence-corrected chi connectivity index (χ1v) is 10.1. The van der Waals surface area contributed by atoms with E-state index in [2.05, 4.69) is 5.32 Å². The molecule has 0 radical (unpaired) electrons. The first kappa shape index (κ1) is 20.7. The normalized spacial score (nSPS) is 15.0. The molecule has 1 N–H and O–H groups in total. The van der Waals surface area contributed by atoms with Crippen molar-refractivity contribution in [3.8, 4) is 11.5 Å². The Balaban J connectivity index is 1.61. The molecule has 0 saturated heterocycles. The predicted molar refractivity (Wildman–Crippen MR) is 113 cm³/mol. The van der Waals surface area contributed by atoms with Gasteiger partial charge in [-0.05, 0) is 49.6 Å². The number of nitrogens with zero attached hydrogens (tertiary/aromatic N) is 1. The van der Waals surface area contributed by atoms with Gasteiger partial charge < -0.3 is 14.8 Å². The summed E-state index contributed by atoms with van der Waals surface area (Å²) in [6, 6.07) is 13.0. The summed E-state index contributed by atoms with van der Waals surface area (Å²) >= 11 is 0. The van der Waals surface area contributed by atoms with E-state index in [1.807, 2.05) is 56.3 Å². The predicted octanol–water partition coefficient (Wildman–Crippen LogP) is 3.12. The monoisotopic (exact) mass is 396 g/mol. The molecule has 0 aromatic heterocycles. The van der Waals surface area contributed by atoms with Gasteiger partial charge in [-0.3, -0.25) is 14.5 Å². The molecule has 1 aliphatic rings. The van der Waals surface area contributed by atoms with Gasteiger partial charge in [-0.25, -0.2) is 0 Å². The summed E-state index contributed by atoms with van der Waals surface area (Å²) in [5.41, 5.74) is 2.90. The van der Waals surface area contributed by atoms with Gasteiger partial charge in [0, 0.05) is 25.6 Å². The summed E-state index contributed by atoms with van der Waals surface area (Å²) in [7, 11) is 0. The average molecular weight is 396 g/mol. The van der Waals surface area contributed by atoms with Crippen LogP contribution in [-0.4, -0.2) is 37.6 Å². The number of hydrogen-bond donors (Lipinski definition) is 1. The number of carbonyl (C=O) groups excluding carboxylic acids is 2. The van der Waals surface area contributed by atoms with Gasteiger partial charge >= 0.3 is 0 Å². The van der Waals surface area contributed by atoms with Crippen LogP contribution in [-0.2, 0) is 22.4 Å². The highest BCUT2D eigenvalue weighted by Crippen LogP contribution is 2.32. The van der Waals surface area contributed by atoms with E-state index in [1.54, 1.807) is 4.90 Å². The Bertz CT molecular complexity index is 881. The maximum absolute atomic E-state index is 12.8. The standard InChI is InChI=1S/C23H28N2O4/c1-4-28-21-11-10-17(14-22(21)29-5-2)12-13-24-23(27)20-15-18-8-6-7-9-19(18)25(20)16(3)26/h6-11,14,20H,4-5,12-13,15H2,1-3H3,(H,24,27). The second-order valence-electron chi connectivity index (χ2n) is 6.93. The Hall–Kier alpha value is -3.02. The van der Waals surface area contributed by atoms with E-state index >= 15 is 0 Å². The van der Waals surface area contributed by atoms with Crippen LogP contribution in [0.25, 0.3) is 0 Å². The third kappa shape index (κ3) is 4.70. The molecule has 29 heavy (non-hydrogen) atoms. The van der Waals surface area contributed by atoms with Gasteiger partial charge in [0.15, 0.2) is 11.5 Å². The Morgan fingerprint density at radius 3 is 2.52 bits per heavy atom. The number of ether oxygens (including phenoxy) is 2. The Labute approximate surface area is 171 Å². The van der Waals surface area contributed by atoms with Crippen LogP contribution in [0.4, 0.5) is 5.69 Å². The maximum atomic E-state index is 12.8. The number of fused-ring (bicyclic) bond motifs is 1. The van der Waals surface area contributed by atoms with Crippen LogP contribution in [0.5, 0.6) is 11.5 Å². The summed E-state index contributed by atoms with van der Waals surface area (Å²) < 4.78 is 11.2. The molecule has 6 nitrogen and oxygen atoms in total. The van der Waals surface area contributed by atoms with Gasteiger partial charge in [-0.2, -0.15) is 0 Å². The molecule has 2 aromatic carbocycles. The van der Waals surface area contributed by atoms with Crippen LogP contribution >= 0.6 is 0 Å². The second-order valence-corrected chi connectivity index (χ2v) is 6.93. The second kappa shape index (κ2) is 9.45.